The van der Waals surface area contributed by atoms with Crippen LogP contribution >= 0.6 is 0 Å². The van der Waals surface area contributed by atoms with Gasteiger partial charge in [0.1, 0.15) is 5.76 Å². The highest BCUT2D eigenvalue weighted by atomic mass is 16.3. The van der Waals surface area contributed by atoms with Crippen molar-refractivity contribution in [2.24, 2.45) is 0 Å². The van der Waals surface area contributed by atoms with Crippen LogP contribution in [0.2, 0.25) is 0 Å². The van der Waals surface area contributed by atoms with E-state index in [2.05, 4.69) is 19.2 Å². The van der Waals surface area contributed by atoms with Gasteiger partial charge in [-0.25, -0.2) is 0 Å². The average Bonchev–Trinajstić information content (AvgIpc) is 2.31. The summed E-state index contributed by atoms with van der Waals surface area (Å²) in [4.78, 5) is 0. The molecule has 1 N–H and O–H groups in total. The van der Waals surface area contributed by atoms with Crippen molar-refractivity contribution in [3.05, 3.63) is 23.7 Å². The second kappa shape index (κ2) is 3.58. The van der Waals surface area contributed by atoms with Crippen LogP contribution < -0.4 is 5.32 Å². The predicted octanol–water partition coefficient (Wildman–Crippen LogP) is 2.09. The van der Waals surface area contributed by atoms with Crippen LogP contribution in [0.4, 0.5) is 0 Å². The third-order valence-corrected chi connectivity index (χ3v) is 1.67. The first-order valence-electron chi connectivity index (χ1n) is 3.96. The maximum atomic E-state index is 5.16. The molecule has 0 saturated carbocycles. The van der Waals surface area contributed by atoms with Crippen LogP contribution in [0.25, 0.3) is 0 Å². The summed E-state index contributed by atoms with van der Waals surface area (Å²) in [6, 6.07) is 2.54. The lowest BCUT2D eigenvalue weighted by Crippen LogP contribution is -2.21. The molecule has 0 saturated heterocycles. The van der Waals surface area contributed by atoms with Crippen molar-refractivity contribution in [2.45, 2.75) is 33.4 Å². The van der Waals surface area contributed by atoms with Gasteiger partial charge in [0, 0.05) is 18.2 Å². The van der Waals surface area contributed by atoms with Crippen molar-refractivity contribution in [3.8, 4) is 0 Å². The lowest BCUT2D eigenvalue weighted by Gasteiger charge is -2.05. The van der Waals surface area contributed by atoms with Crippen LogP contribution in [-0.2, 0) is 6.54 Å². The summed E-state index contributed by atoms with van der Waals surface area (Å²) in [7, 11) is 0. The Labute approximate surface area is 67.6 Å². The number of aryl methyl sites for hydroxylation is 1. The predicted molar refractivity (Wildman–Crippen MR) is 45.4 cm³/mol. The molecule has 0 aliphatic rings. The van der Waals surface area contributed by atoms with E-state index in [1.807, 2.05) is 13.0 Å². The molecule has 1 rings (SSSR count). The molecule has 0 aliphatic heterocycles. The molecule has 1 aromatic rings. The fraction of sp³-hybridized carbons (Fsp3) is 0.556. The highest BCUT2D eigenvalue weighted by molar-refractivity contribution is 5.14. The van der Waals surface area contributed by atoms with Gasteiger partial charge < -0.3 is 9.73 Å². The molecule has 0 atom stereocenters. The van der Waals surface area contributed by atoms with Crippen molar-refractivity contribution >= 4 is 0 Å². The minimum Gasteiger partial charge on any atom is -0.469 e. The Bertz CT molecular complexity index is 215. The lowest BCUT2D eigenvalue weighted by molar-refractivity contribution is 0.521. The lowest BCUT2D eigenvalue weighted by atomic mass is 10.2. The first-order valence-corrected chi connectivity index (χ1v) is 3.96. The molecule has 0 fully saturated rings. The first-order chi connectivity index (χ1) is 5.20. The van der Waals surface area contributed by atoms with Gasteiger partial charge in [-0.3, -0.25) is 0 Å². The quantitative estimate of drug-likeness (QED) is 0.719. The van der Waals surface area contributed by atoms with Crippen molar-refractivity contribution in [3.63, 3.8) is 0 Å². The second-order valence-electron chi connectivity index (χ2n) is 3.04. The molecule has 62 valence electrons. The van der Waals surface area contributed by atoms with E-state index in [1.165, 1.54) is 5.56 Å². The fourth-order valence-electron chi connectivity index (χ4n) is 0.909. The third-order valence-electron chi connectivity index (χ3n) is 1.67. The second-order valence-corrected chi connectivity index (χ2v) is 3.04. The van der Waals surface area contributed by atoms with Gasteiger partial charge in [-0.1, -0.05) is 13.8 Å². The molecule has 0 aromatic carbocycles. The Morgan fingerprint density at radius 3 is 2.73 bits per heavy atom. The number of hydrogen-bond acceptors (Lipinski definition) is 2. The summed E-state index contributed by atoms with van der Waals surface area (Å²) >= 11 is 0. The van der Waals surface area contributed by atoms with Crippen LogP contribution in [0, 0.1) is 6.92 Å². The molecular weight excluding hydrogens is 138 g/mol. The molecular formula is C9H15NO. The number of hydrogen-bond donors (Lipinski definition) is 1. The molecule has 0 amide bonds. The van der Waals surface area contributed by atoms with Gasteiger partial charge in [-0.2, -0.15) is 0 Å². The van der Waals surface area contributed by atoms with Crippen molar-refractivity contribution < 1.29 is 4.42 Å². The van der Waals surface area contributed by atoms with E-state index in [0.717, 1.165) is 12.3 Å². The normalized spacial score (nSPS) is 10.9. The van der Waals surface area contributed by atoms with Gasteiger partial charge in [0.15, 0.2) is 0 Å². The zero-order chi connectivity index (χ0) is 8.27. The molecule has 0 spiro atoms. The Hall–Kier alpha value is -0.760. The van der Waals surface area contributed by atoms with E-state index in [-0.39, 0.29) is 0 Å². The topological polar surface area (TPSA) is 25.2 Å². The van der Waals surface area contributed by atoms with Crippen molar-refractivity contribution in [1.29, 1.82) is 0 Å². The van der Waals surface area contributed by atoms with Crippen molar-refractivity contribution in [2.75, 3.05) is 0 Å². The molecule has 0 bridgehead atoms. The summed E-state index contributed by atoms with van der Waals surface area (Å²) < 4.78 is 5.16. The molecule has 0 aliphatic carbocycles. The molecule has 1 aromatic heterocycles. The van der Waals surface area contributed by atoms with Crippen molar-refractivity contribution in [1.82, 2.24) is 5.32 Å². The Balaban J connectivity index is 2.44. The fourth-order valence-corrected chi connectivity index (χ4v) is 0.909. The zero-order valence-corrected chi connectivity index (χ0v) is 7.35. The summed E-state index contributed by atoms with van der Waals surface area (Å²) in [6.45, 7) is 7.15. The van der Waals surface area contributed by atoms with Gasteiger partial charge in [0.25, 0.3) is 0 Å². The van der Waals surface area contributed by atoms with E-state index in [1.54, 1.807) is 6.26 Å². The minimum atomic E-state index is 0.532. The molecule has 2 heteroatoms. The molecule has 0 radical (unpaired) electrons. The Morgan fingerprint density at radius 1 is 1.55 bits per heavy atom. The van der Waals surface area contributed by atoms with Crippen LogP contribution in [0.1, 0.15) is 25.2 Å². The van der Waals surface area contributed by atoms with E-state index in [9.17, 15) is 0 Å². The van der Waals surface area contributed by atoms with Gasteiger partial charge in [-0.05, 0) is 13.0 Å². The number of furan rings is 1. The average molecular weight is 153 g/mol. The third kappa shape index (κ3) is 2.39. The van der Waals surface area contributed by atoms with Crippen LogP contribution in [0.3, 0.4) is 0 Å². The van der Waals surface area contributed by atoms with E-state index >= 15 is 0 Å². The van der Waals surface area contributed by atoms with Gasteiger partial charge >= 0.3 is 0 Å². The maximum Gasteiger partial charge on any atom is 0.105 e. The largest absolute Gasteiger partial charge is 0.469 e. The smallest absolute Gasteiger partial charge is 0.105 e. The Morgan fingerprint density at radius 2 is 2.27 bits per heavy atom. The van der Waals surface area contributed by atoms with Crippen LogP contribution in [-0.4, -0.2) is 6.04 Å². The minimum absolute atomic E-state index is 0.532. The molecule has 2 nitrogen and oxygen atoms in total. The Kier molecular flexibility index (Phi) is 2.71. The van der Waals surface area contributed by atoms with Crippen LogP contribution in [0.15, 0.2) is 16.7 Å². The standard InChI is InChI=1S/C9H15NO/c1-7(2)10-6-9-4-5-11-8(9)3/h4-5,7,10H,6H2,1-3H3. The zero-order valence-electron chi connectivity index (χ0n) is 7.35. The highest BCUT2D eigenvalue weighted by Crippen LogP contribution is 2.07. The van der Waals surface area contributed by atoms with E-state index in [4.69, 9.17) is 4.42 Å². The monoisotopic (exact) mass is 153 g/mol. The maximum absolute atomic E-state index is 5.16. The molecule has 1 heterocycles. The van der Waals surface area contributed by atoms with Crippen LogP contribution in [0.5, 0.6) is 0 Å². The molecule has 0 unspecified atom stereocenters. The SMILES string of the molecule is Cc1occc1CNC(C)C. The molecule has 11 heavy (non-hydrogen) atoms. The summed E-state index contributed by atoms with van der Waals surface area (Å²) in [5.41, 5.74) is 1.25. The van der Waals surface area contributed by atoms with Gasteiger partial charge in [0.2, 0.25) is 0 Å². The van der Waals surface area contributed by atoms with E-state index in [0.29, 0.717) is 6.04 Å². The first kappa shape index (κ1) is 8.34. The summed E-state index contributed by atoms with van der Waals surface area (Å²) in [5.74, 6) is 1.01. The summed E-state index contributed by atoms with van der Waals surface area (Å²) in [6.07, 6.45) is 1.73. The van der Waals surface area contributed by atoms with Gasteiger partial charge in [-0.15, -0.1) is 0 Å². The number of rotatable bonds is 3. The summed E-state index contributed by atoms with van der Waals surface area (Å²) in [5, 5.41) is 3.33. The van der Waals surface area contributed by atoms with E-state index < -0.39 is 0 Å². The number of nitrogens with one attached hydrogen (secondary N) is 1. The highest BCUT2D eigenvalue weighted by Gasteiger charge is 2.00. The van der Waals surface area contributed by atoms with Gasteiger partial charge in [0.05, 0.1) is 6.26 Å².